The van der Waals surface area contributed by atoms with Gasteiger partial charge < -0.3 is 20.1 Å². The number of halogens is 1. The van der Waals surface area contributed by atoms with E-state index in [1.165, 1.54) is 4.68 Å². The first-order chi connectivity index (χ1) is 17.4. The Labute approximate surface area is 211 Å². The summed E-state index contributed by atoms with van der Waals surface area (Å²) in [4.78, 5) is 38.7. The first-order valence-electron chi connectivity index (χ1n) is 11.0. The predicted molar refractivity (Wildman–Crippen MR) is 139 cm³/mol. The van der Waals surface area contributed by atoms with Crippen LogP contribution in [0.2, 0.25) is 5.02 Å². The normalized spacial score (nSPS) is 10.5. The maximum Gasteiger partial charge on any atom is 0.328 e. The molecule has 184 valence electrons. The topological polar surface area (TPSA) is 111 Å². The monoisotopic (exact) mass is 506 g/mol. The third-order valence-corrected chi connectivity index (χ3v) is 5.43. The number of para-hydroxylation sites is 2. The molecule has 0 saturated heterocycles. The number of aromatic nitrogens is 1. The molecule has 9 nitrogen and oxygen atoms in total. The Morgan fingerprint density at radius 1 is 0.917 bits per heavy atom. The number of hydrogen-bond donors (Lipinski definition) is 3. The van der Waals surface area contributed by atoms with Crippen LogP contribution in [0.1, 0.15) is 17.4 Å². The molecular formula is C26H23ClN4O5. The number of nitrogens with zero attached hydrogens (tertiary/aromatic N) is 1. The number of benzene rings is 3. The summed E-state index contributed by atoms with van der Waals surface area (Å²) in [7, 11) is 1.55. The van der Waals surface area contributed by atoms with Gasteiger partial charge in [0.2, 0.25) is 0 Å². The maximum absolute atomic E-state index is 13.1. The van der Waals surface area contributed by atoms with Gasteiger partial charge in [0.15, 0.2) is 0 Å². The summed E-state index contributed by atoms with van der Waals surface area (Å²) in [6, 6.07) is 20.0. The Kier molecular flexibility index (Phi) is 7.41. The average molecular weight is 507 g/mol. The molecule has 0 bridgehead atoms. The van der Waals surface area contributed by atoms with Crippen molar-refractivity contribution in [3.05, 3.63) is 83.5 Å². The van der Waals surface area contributed by atoms with Gasteiger partial charge in [-0.2, -0.15) is 0 Å². The number of anilines is 2. The number of nitrogens with one attached hydrogen (secondary N) is 3. The number of hydrogen-bond acceptors (Lipinski definition) is 5. The van der Waals surface area contributed by atoms with E-state index >= 15 is 0 Å². The van der Waals surface area contributed by atoms with Crippen molar-refractivity contribution in [3.8, 4) is 11.5 Å². The van der Waals surface area contributed by atoms with Crippen molar-refractivity contribution in [1.29, 1.82) is 0 Å². The lowest BCUT2D eigenvalue weighted by Crippen LogP contribution is -2.36. The van der Waals surface area contributed by atoms with Crippen LogP contribution in [0.15, 0.2) is 72.8 Å². The smallest absolute Gasteiger partial charge is 0.328 e. The van der Waals surface area contributed by atoms with Crippen LogP contribution in [0.3, 0.4) is 0 Å². The Morgan fingerprint density at radius 3 is 2.39 bits per heavy atom. The molecular weight excluding hydrogens is 484 g/mol. The summed E-state index contributed by atoms with van der Waals surface area (Å²) in [6.45, 7) is 2.21. The standard InChI is InChI=1S/C26H23ClN4O5/c1-3-36-23-7-5-4-6-20(23)29-25(33)26(34)30-31-21-13-8-17(27)14-16(21)15-22(31)24(32)28-18-9-11-19(35-2)12-10-18/h4-15H,3H2,1-2H3,(H,28,32)(H,29,33)(H,30,34). The van der Waals surface area contributed by atoms with Gasteiger partial charge in [-0.25, -0.2) is 4.68 Å². The molecule has 1 aromatic heterocycles. The molecule has 3 amide bonds. The van der Waals surface area contributed by atoms with Gasteiger partial charge in [-0.15, -0.1) is 0 Å². The summed E-state index contributed by atoms with van der Waals surface area (Å²) in [6.07, 6.45) is 0. The summed E-state index contributed by atoms with van der Waals surface area (Å²) in [5, 5.41) is 6.37. The Balaban J connectivity index is 1.60. The van der Waals surface area contributed by atoms with Gasteiger partial charge in [-0.05, 0) is 67.6 Å². The van der Waals surface area contributed by atoms with Gasteiger partial charge >= 0.3 is 11.8 Å². The largest absolute Gasteiger partial charge is 0.497 e. The number of ether oxygens (including phenoxy) is 2. The summed E-state index contributed by atoms with van der Waals surface area (Å²) in [5.74, 6) is -1.34. The highest BCUT2D eigenvalue weighted by Gasteiger charge is 2.22. The first kappa shape index (κ1) is 24.6. The predicted octanol–water partition coefficient (Wildman–Crippen LogP) is 4.66. The lowest BCUT2D eigenvalue weighted by atomic mass is 10.2. The van der Waals surface area contributed by atoms with Crippen LogP contribution in [0.5, 0.6) is 11.5 Å². The molecule has 0 aliphatic rings. The number of rotatable bonds is 7. The Hall–Kier alpha value is -4.50. The van der Waals surface area contributed by atoms with Crippen molar-refractivity contribution in [2.45, 2.75) is 6.92 Å². The van der Waals surface area contributed by atoms with Gasteiger partial charge in [0.25, 0.3) is 5.91 Å². The fraction of sp³-hybridized carbons (Fsp3) is 0.115. The molecule has 0 atom stereocenters. The minimum absolute atomic E-state index is 0.0963. The lowest BCUT2D eigenvalue weighted by molar-refractivity contribution is -0.133. The average Bonchev–Trinajstić information content (AvgIpc) is 3.23. The minimum atomic E-state index is -0.979. The van der Waals surface area contributed by atoms with Crippen molar-refractivity contribution in [3.63, 3.8) is 0 Å². The lowest BCUT2D eigenvalue weighted by Gasteiger charge is -2.14. The highest BCUT2D eigenvalue weighted by atomic mass is 35.5. The molecule has 3 aromatic carbocycles. The molecule has 0 radical (unpaired) electrons. The molecule has 36 heavy (non-hydrogen) atoms. The molecule has 10 heteroatoms. The highest BCUT2D eigenvalue weighted by Crippen LogP contribution is 2.25. The SMILES string of the molecule is CCOc1ccccc1NC(=O)C(=O)Nn1c(C(=O)Nc2ccc(OC)cc2)cc2cc(Cl)ccc21. The van der Waals surface area contributed by atoms with Crippen LogP contribution in [-0.2, 0) is 9.59 Å². The van der Waals surface area contributed by atoms with Crippen LogP contribution in [0.4, 0.5) is 11.4 Å². The fourth-order valence-corrected chi connectivity index (χ4v) is 3.71. The van der Waals surface area contributed by atoms with E-state index in [0.29, 0.717) is 45.4 Å². The first-order valence-corrected chi connectivity index (χ1v) is 11.4. The van der Waals surface area contributed by atoms with E-state index in [2.05, 4.69) is 16.1 Å². The minimum Gasteiger partial charge on any atom is -0.497 e. The van der Waals surface area contributed by atoms with Crippen molar-refractivity contribution in [2.75, 3.05) is 29.8 Å². The molecule has 1 heterocycles. The van der Waals surface area contributed by atoms with E-state index in [1.807, 2.05) is 6.92 Å². The number of carbonyl (C=O) groups excluding carboxylic acids is 3. The zero-order valence-corrected chi connectivity index (χ0v) is 20.3. The van der Waals surface area contributed by atoms with E-state index < -0.39 is 17.7 Å². The second-order valence-electron chi connectivity index (χ2n) is 7.57. The molecule has 4 aromatic rings. The number of amides is 3. The molecule has 3 N–H and O–H groups in total. The van der Waals surface area contributed by atoms with Crippen LogP contribution < -0.4 is 25.5 Å². The van der Waals surface area contributed by atoms with Gasteiger partial charge in [0.1, 0.15) is 17.2 Å². The molecule has 0 spiro atoms. The molecule has 0 unspecified atom stereocenters. The van der Waals surface area contributed by atoms with Gasteiger partial charge in [-0.1, -0.05) is 23.7 Å². The van der Waals surface area contributed by atoms with E-state index in [1.54, 1.807) is 79.9 Å². The zero-order chi connectivity index (χ0) is 25.7. The van der Waals surface area contributed by atoms with Crippen LogP contribution in [0, 0.1) is 0 Å². The molecule has 4 rings (SSSR count). The van der Waals surface area contributed by atoms with E-state index in [4.69, 9.17) is 21.1 Å². The Bertz CT molecular complexity index is 1430. The van der Waals surface area contributed by atoms with Crippen LogP contribution in [-0.4, -0.2) is 36.1 Å². The van der Waals surface area contributed by atoms with Crippen molar-refractivity contribution >= 4 is 51.6 Å². The van der Waals surface area contributed by atoms with E-state index in [9.17, 15) is 14.4 Å². The van der Waals surface area contributed by atoms with Crippen LogP contribution in [0.25, 0.3) is 10.9 Å². The molecule has 0 fully saturated rings. The quantitative estimate of drug-likeness (QED) is 0.316. The molecule has 0 aliphatic carbocycles. The third kappa shape index (κ3) is 5.42. The van der Waals surface area contributed by atoms with Gasteiger partial charge in [-0.3, -0.25) is 19.8 Å². The van der Waals surface area contributed by atoms with Crippen molar-refractivity contribution < 1.29 is 23.9 Å². The third-order valence-electron chi connectivity index (χ3n) is 5.20. The fourth-order valence-electron chi connectivity index (χ4n) is 3.53. The number of carbonyl (C=O) groups is 3. The zero-order valence-electron chi connectivity index (χ0n) is 19.5. The second kappa shape index (κ2) is 10.8. The summed E-state index contributed by atoms with van der Waals surface area (Å²) in [5.41, 5.74) is 3.96. The molecule has 0 aliphatic heterocycles. The Morgan fingerprint density at radius 2 is 1.67 bits per heavy atom. The number of methoxy groups -OCH3 is 1. The van der Waals surface area contributed by atoms with Crippen molar-refractivity contribution in [2.24, 2.45) is 0 Å². The van der Waals surface area contributed by atoms with E-state index in [-0.39, 0.29) is 5.69 Å². The molecule has 0 saturated carbocycles. The summed E-state index contributed by atoms with van der Waals surface area (Å²) >= 11 is 6.12. The van der Waals surface area contributed by atoms with Gasteiger partial charge in [0.05, 0.1) is 24.9 Å². The van der Waals surface area contributed by atoms with Crippen molar-refractivity contribution in [1.82, 2.24) is 4.68 Å². The van der Waals surface area contributed by atoms with Crippen LogP contribution >= 0.6 is 11.6 Å². The van der Waals surface area contributed by atoms with Gasteiger partial charge in [0, 0.05) is 16.1 Å². The highest BCUT2D eigenvalue weighted by molar-refractivity contribution is 6.42. The number of fused-ring (bicyclic) bond motifs is 1. The van der Waals surface area contributed by atoms with E-state index in [0.717, 1.165) is 0 Å². The maximum atomic E-state index is 13.1. The second-order valence-corrected chi connectivity index (χ2v) is 8.01. The summed E-state index contributed by atoms with van der Waals surface area (Å²) < 4.78 is 11.9.